The molecule has 1 saturated heterocycles. The van der Waals surface area contributed by atoms with Crippen molar-refractivity contribution < 1.29 is 5.11 Å². The maximum absolute atomic E-state index is 9.47. The zero-order valence-electron chi connectivity index (χ0n) is 6.43. The Bertz CT molecular complexity index is 148. The molecule has 3 atom stereocenters. The number of rotatable bonds is 0. The van der Waals surface area contributed by atoms with Crippen molar-refractivity contribution in [1.29, 1.82) is 0 Å². The van der Waals surface area contributed by atoms with Crippen LogP contribution in [0.25, 0.3) is 0 Å². The molecule has 2 bridgehead atoms. The minimum atomic E-state index is -0.0249. The van der Waals surface area contributed by atoms with Crippen molar-refractivity contribution in [2.45, 2.75) is 37.8 Å². The molecule has 10 heavy (non-hydrogen) atoms. The third-order valence-corrected chi connectivity index (χ3v) is 3.04. The lowest BCUT2D eigenvalue weighted by atomic mass is 9.80. The Hall–Kier alpha value is -0.0800. The Morgan fingerprint density at radius 1 is 1.60 bits per heavy atom. The van der Waals surface area contributed by atoms with Crippen molar-refractivity contribution in [2.75, 3.05) is 6.54 Å². The van der Waals surface area contributed by atoms with Gasteiger partial charge in [0.05, 0.1) is 6.10 Å². The van der Waals surface area contributed by atoms with E-state index in [0.717, 1.165) is 19.4 Å². The highest BCUT2D eigenvalue weighted by atomic mass is 16.3. The second kappa shape index (κ2) is 1.95. The van der Waals surface area contributed by atoms with Crippen LogP contribution in [0.2, 0.25) is 0 Å². The molecule has 58 valence electrons. The molecule has 1 heterocycles. The molecule has 2 N–H and O–H groups in total. The van der Waals surface area contributed by atoms with E-state index in [1.165, 1.54) is 6.42 Å². The topological polar surface area (TPSA) is 32.3 Å². The summed E-state index contributed by atoms with van der Waals surface area (Å²) in [6, 6.07) is 0. The first kappa shape index (κ1) is 6.62. The standard InChI is InChI=1S/C8H15NO/c1-8-3-2-7(10)6(4-8)5-9-8/h6-7,9-10H,2-5H2,1H3/t6-,7-,8+/m0/s1. The van der Waals surface area contributed by atoms with Crippen LogP contribution < -0.4 is 5.32 Å². The van der Waals surface area contributed by atoms with Crippen LogP contribution >= 0.6 is 0 Å². The van der Waals surface area contributed by atoms with Gasteiger partial charge in [-0.2, -0.15) is 0 Å². The lowest BCUT2D eigenvalue weighted by molar-refractivity contribution is 0.0760. The molecule has 2 rings (SSSR count). The SMILES string of the molecule is C[C@]12CC[C@H](O)[C@H](CN1)C2. The Morgan fingerprint density at radius 3 is 3.10 bits per heavy atom. The van der Waals surface area contributed by atoms with E-state index in [1.54, 1.807) is 0 Å². The first-order valence-corrected chi connectivity index (χ1v) is 4.13. The molecule has 0 radical (unpaired) electrons. The van der Waals surface area contributed by atoms with Crippen molar-refractivity contribution in [3.8, 4) is 0 Å². The van der Waals surface area contributed by atoms with Gasteiger partial charge in [-0.05, 0) is 32.1 Å². The van der Waals surface area contributed by atoms with Crippen LogP contribution in [0.5, 0.6) is 0 Å². The normalized spacial score (nSPS) is 53.4. The van der Waals surface area contributed by atoms with Crippen LogP contribution in [0.3, 0.4) is 0 Å². The number of hydrogen-bond acceptors (Lipinski definition) is 2. The highest BCUT2D eigenvalue weighted by molar-refractivity contribution is 4.99. The molecule has 0 aromatic rings. The highest BCUT2D eigenvalue weighted by Crippen LogP contribution is 2.36. The maximum atomic E-state index is 9.47. The van der Waals surface area contributed by atoms with Crippen LogP contribution in [-0.4, -0.2) is 23.3 Å². The van der Waals surface area contributed by atoms with E-state index in [1.807, 2.05) is 0 Å². The smallest absolute Gasteiger partial charge is 0.0581 e. The number of fused-ring (bicyclic) bond motifs is 2. The Morgan fingerprint density at radius 2 is 2.40 bits per heavy atom. The van der Waals surface area contributed by atoms with Gasteiger partial charge in [0.25, 0.3) is 0 Å². The number of aliphatic hydroxyl groups excluding tert-OH is 1. The van der Waals surface area contributed by atoms with Crippen molar-refractivity contribution >= 4 is 0 Å². The molecule has 0 aromatic carbocycles. The summed E-state index contributed by atoms with van der Waals surface area (Å²) < 4.78 is 0. The largest absolute Gasteiger partial charge is 0.393 e. The van der Waals surface area contributed by atoms with Gasteiger partial charge in [-0.3, -0.25) is 0 Å². The lowest BCUT2D eigenvalue weighted by Crippen LogP contribution is -2.38. The third kappa shape index (κ3) is 0.867. The summed E-state index contributed by atoms with van der Waals surface area (Å²) in [6.45, 7) is 3.29. The zero-order chi connectivity index (χ0) is 7.19. The first-order chi connectivity index (χ1) is 4.70. The van der Waals surface area contributed by atoms with Crippen LogP contribution in [0.1, 0.15) is 26.2 Å². The predicted molar refractivity (Wildman–Crippen MR) is 39.8 cm³/mol. The molecule has 0 unspecified atom stereocenters. The summed E-state index contributed by atoms with van der Waals surface area (Å²) >= 11 is 0. The van der Waals surface area contributed by atoms with E-state index in [4.69, 9.17) is 0 Å². The Labute approximate surface area is 61.6 Å². The molecular formula is C8H15NO. The molecule has 0 amide bonds. The average molecular weight is 141 g/mol. The lowest BCUT2D eigenvalue weighted by Gasteiger charge is -2.31. The van der Waals surface area contributed by atoms with Crippen LogP contribution in [0.4, 0.5) is 0 Å². The summed E-state index contributed by atoms with van der Waals surface area (Å²) in [4.78, 5) is 0. The second-order valence-corrected chi connectivity index (χ2v) is 4.01. The van der Waals surface area contributed by atoms with Gasteiger partial charge < -0.3 is 10.4 Å². The van der Waals surface area contributed by atoms with Crippen molar-refractivity contribution in [1.82, 2.24) is 5.32 Å². The molecule has 2 heteroatoms. The number of nitrogens with one attached hydrogen (secondary N) is 1. The van der Waals surface area contributed by atoms with Gasteiger partial charge >= 0.3 is 0 Å². The quantitative estimate of drug-likeness (QED) is 0.515. The van der Waals surface area contributed by atoms with E-state index in [9.17, 15) is 5.11 Å². The fourth-order valence-corrected chi connectivity index (χ4v) is 2.27. The van der Waals surface area contributed by atoms with Gasteiger partial charge in [0.2, 0.25) is 0 Å². The molecule has 0 spiro atoms. The number of hydrogen-bond donors (Lipinski definition) is 2. The average Bonchev–Trinajstić information content (AvgIpc) is 2.23. The molecule has 1 aliphatic carbocycles. The summed E-state index contributed by atoms with van der Waals surface area (Å²) in [7, 11) is 0. The molecule has 2 nitrogen and oxygen atoms in total. The van der Waals surface area contributed by atoms with Gasteiger partial charge in [-0.15, -0.1) is 0 Å². The molecule has 0 aromatic heterocycles. The Balaban J connectivity index is 2.12. The van der Waals surface area contributed by atoms with E-state index in [2.05, 4.69) is 12.2 Å². The zero-order valence-corrected chi connectivity index (χ0v) is 6.43. The van der Waals surface area contributed by atoms with Crippen LogP contribution in [0, 0.1) is 5.92 Å². The minimum Gasteiger partial charge on any atom is -0.393 e. The summed E-state index contributed by atoms with van der Waals surface area (Å²) in [5.74, 6) is 0.541. The van der Waals surface area contributed by atoms with Gasteiger partial charge in [0, 0.05) is 12.1 Å². The molecule has 1 aliphatic heterocycles. The van der Waals surface area contributed by atoms with Crippen molar-refractivity contribution in [3.63, 3.8) is 0 Å². The molecule has 1 saturated carbocycles. The van der Waals surface area contributed by atoms with E-state index < -0.39 is 0 Å². The molecular weight excluding hydrogens is 126 g/mol. The van der Waals surface area contributed by atoms with Gasteiger partial charge in [-0.25, -0.2) is 0 Å². The van der Waals surface area contributed by atoms with Gasteiger partial charge in [-0.1, -0.05) is 0 Å². The monoisotopic (exact) mass is 141 g/mol. The predicted octanol–water partition coefficient (Wildman–Crippen LogP) is 0.509. The van der Waals surface area contributed by atoms with E-state index in [-0.39, 0.29) is 6.10 Å². The van der Waals surface area contributed by atoms with E-state index >= 15 is 0 Å². The molecule has 2 aliphatic rings. The number of aliphatic hydroxyl groups is 1. The van der Waals surface area contributed by atoms with Crippen LogP contribution in [0.15, 0.2) is 0 Å². The highest BCUT2D eigenvalue weighted by Gasteiger charge is 2.42. The summed E-state index contributed by atoms with van der Waals surface area (Å²) in [6.07, 6.45) is 3.29. The van der Waals surface area contributed by atoms with Crippen molar-refractivity contribution in [3.05, 3.63) is 0 Å². The summed E-state index contributed by atoms with van der Waals surface area (Å²) in [5, 5.41) is 12.9. The fraction of sp³-hybridized carbons (Fsp3) is 1.00. The molecule has 2 fully saturated rings. The first-order valence-electron chi connectivity index (χ1n) is 4.13. The Kier molecular flexibility index (Phi) is 1.29. The third-order valence-electron chi connectivity index (χ3n) is 3.04. The van der Waals surface area contributed by atoms with Gasteiger partial charge in [0.15, 0.2) is 0 Å². The van der Waals surface area contributed by atoms with Crippen LogP contribution in [-0.2, 0) is 0 Å². The maximum Gasteiger partial charge on any atom is 0.0581 e. The van der Waals surface area contributed by atoms with E-state index in [0.29, 0.717) is 11.5 Å². The van der Waals surface area contributed by atoms with Crippen molar-refractivity contribution in [2.24, 2.45) is 5.92 Å². The fourth-order valence-electron chi connectivity index (χ4n) is 2.27. The van der Waals surface area contributed by atoms with Gasteiger partial charge in [0.1, 0.15) is 0 Å². The second-order valence-electron chi connectivity index (χ2n) is 4.01. The summed E-state index contributed by atoms with van der Waals surface area (Å²) in [5.41, 5.74) is 0.365. The minimum absolute atomic E-state index is 0.0249.